The lowest BCUT2D eigenvalue weighted by Gasteiger charge is -2.36. The summed E-state index contributed by atoms with van der Waals surface area (Å²) in [7, 11) is 1.55. The molecule has 0 spiro atoms. The highest BCUT2D eigenvalue weighted by molar-refractivity contribution is 6.06. The van der Waals surface area contributed by atoms with Gasteiger partial charge in [-0.1, -0.05) is 24.3 Å². The van der Waals surface area contributed by atoms with Crippen molar-refractivity contribution in [3.05, 3.63) is 89.2 Å². The predicted octanol–water partition coefficient (Wildman–Crippen LogP) is 4.36. The molecule has 0 bridgehead atoms. The summed E-state index contributed by atoms with van der Waals surface area (Å²) in [5, 5.41) is 2.91. The average Bonchev–Trinajstić information content (AvgIpc) is 2.84. The second kappa shape index (κ2) is 9.73. The lowest BCUT2D eigenvalue weighted by molar-refractivity contribution is 0.0742. The van der Waals surface area contributed by atoms with E-state index in [1.54, 1.807) is 30.2 Å². The third-order valence-corrected chi connectivity index (χ3v) is 5.82. The molecule has 0 saturated carbocycles. The van der Waals surface area contributed by atoms with Gasteiger partial charge in [0.25, 0.3) is 11.8 Å². The van der Waals surface area contributed by atoms with E-state index >= 15 is 0 Å². The van der Waals surface area contributed by atoms with Gasteiger partial charge in [0.05, 0.1) is 18.2 Å². The number of halogens is 1. The molecule has 1 N–H and O–H groups in total. The summed E-state index contributed by atoms with van der Waals surface area (Å²) in [6.07, 6.45) is 0. The Hall–Kier alpha value is -3.87. The van der Waals surface area contributed by atoms with Gasteiger partial charge in [-0.05, 0) is 55.0 Å². The number of aryl methyl sites for hydroxylation is 1. The third kappa shape index (κ3) is 4.82. The topological polar surface area (TPSA) is 61.9 Å². The summed E-state index contributed by atoms with van der Waals surface area (Å²) in [6.45, 7) is 4.21. The summed E-state index contributed by atoms with van der Waals surface area (Å²) < 4.78 is 19.3. The molecule has 1 aliphatic rings. The minimum atomic E-state index is -0.495. The number of amides is 2. The molecule has 0 unspecified atom stereocenters. The maximum Gasteiger partial charge on any atom is 0.259 e. The van der Waals surface area contributed by atoms with Crippen molar-refractivity contribution >= 4 is 23.2 Å². The van der Waals surface area contributed by atoms with Crippen LogP contribution < -0.4 is 15.0 Å². The Morgan fingerprint density at radius 2 is 1.55 bits per heavy atom. The molecule has 3 aromatic rings. The van der Waals surface area contributed by atoms with E-state index in [0.717, 1.165) is 11.3 Å². The number of benzene rings is 3. The van der Waals surface area contributed by atoms with Gasteiger partial charge in [0, 0.05) is 37.6 Å². The molecule has 0 radical (unpaired) electrons. The molecule has 7 heteroatoms. The largest absolute Gasteiger partial charge is 0.496 e. The maximum atomic E-state index is 13.9. The quantitative estimate of drug-likeness (QED) is 0.632. The van der Waals surface area contributed by atoms with Crippen LogP contribution in [0, 0.1) is 12.7 Å². The molecular weight excluding hydrogens is 421 g/mol. The highest BCUT2D eigenvalue weighted by atomic mass is 19.1. The Kier molecular flexibility index (Phi) is 6.58. The molecule has 1 fully saturated rings. The van der Waals surface area contributed by atoms with Gasteiger partial charge in [0.15, 0.2) is 0 Å². The maximum absolute atomic E-state index is 13.9. The highest BCUT2D eigenvalue weighted by Gasteiger charge is 2.24. The third-order valence-electron chi connectivity index (χ3n) is 5.82. The van der Waals surface area contributed by atoms with E-state index in [0.29, 0.717) is 43.2 Å². The van der Waals surface area contributed by atoms with Crippen molar-refractivity contribution in [1.29, 1.82) is 0 Å². The van der Waals surface area contributed by atoms with Crippen LogP contribution >= 0.6 is 0 Å². The minimum absolute atomic E-state index is 0.108. The van der Waals surface area contributed by atoms with Gasteiger partial charge >= 0.3 is 0 Å². The van der Waals surface area contributed by atoms with Gasteiger partial charge < -0.3 is 19.9 Å². The van der Waals surface area contributed by atoms with Crippen LogP contribution in [0.25, 0.3) is 0 Å². The van der Waals surface area contributed by atoms with Crippen LogP contribution in [0.15, 0.2) is 66.7 Å². The smallest absolute Gasteiger partial charge is 0.259 e. The number of carbonyl (C=O) groups is 2. The summed E-state index contributed by atoms with van der Waals surface area (Å²) in [4.78, 5) is 29.2. The van der Waals surface area contributed by atoms with Crippen molar-refractivity contribution in [2.24, 2.45) is 0 Å². The number of hydrogen-bond acceptors (Lipinski definition) is 4. The van der Waals surface area contributed by atoms with Crippen molar-refractivity contribution in [2.75, 3.05) is 43.5 Å². The van der Waals surface area contributed by atoms with E-state index in [2.05, 4.69) is 10.2 Å². The van der Waals surface area contributed by atoms with Crippen molar-refractivity contribution in [3.63, 3.8) is 0 Å². The van der Waals surface area contributed by atoms with Gasteiger partial charge in [-0.3, -0.25) is 9.59 Å². The number of nitrogens with zero attached hydrogens (tertiary/aromatic N) is 2. The normalized spacial score (nSPS) is 13.5. The fourth-order valence-electron chi connectivity index (χ4n) is 4.03. The Balaban J connectivity index is 1.37. The number of anilines is 2. The molecule has 4 rings (SSSR count). The van der Waals surface area contributed by atoms with E-state index in [4.69, 9.17) is 4.74 Å². The lowest BCUT2D eigenvalue weighted by Crippen LogP contribution is -2.49. The zero-order valence-electron chi connectivity index (χ0n) is 18.7. The Morgan fingerprint density at radius 3 is 2.21 bits per heavy atom. The molecule has 3 aromatic carbocycles. The number of methoxy groups -OCH3 is 1. The van der Waals surface area contributed by atoms with Crippen LogP contribution in [0.5, 0.6) is 5.75 Å². The van der Waals surface area contributed by atoms with Crippen molar-refractivity contribution in [1.82, 2.24) is 4.90 Å². The second-order valence-corrected chi connectivity index (χ2v) is 7.92. The van der Waals surface area contributed by atoms with Crippen LogP contribution in [0.1, 0.15) is 26.3 Å². The Morgan fingerprint density at radius 1 is 0.879 bits per heavy atom. The van der Waals surface area contributed by atoms with Gasteiger partial charge in [0.2, 0.25) is 0 Å². The summed E-state index contributed by atoms with van der Waals surface area (Å²) >= 11 is 0. The van der Waals surface area contributed by atoms with Crippen molar-refractivity contribution in [3.8, 4) is 5.75 Å². The van der Waals surface area contributed by atoms with E-state index in [1.165, 1.54) is 12.1 Å². The van der Waals surface area contributed by atoms with E-state index in [-0.39, 0.29) is 17.4 Å². The molecule has 1 saturated heterocycles. The van der Waals surface area contributed by atoms with Crippen molar-refractivity contribution in [2.45, 2.75) is 6.92 Å². The first-order chi connectivity index (χ1) is 16.0. The molecule has 0 aliphatic carbocycles. The molecule has 0 atom stereocenters. The van der Waals surface area contributed by atoms with E-state index in [1.807, 2.05) is 43.3 Å². The average molecular weight is 448 g/mol. The van der Waals surface area contributed by atoms with Crippen LogP contribution in [0.2, 0.25) is 0 Å². The van der Waals surface area contributed by atoms with Gasteiger partial charge in [0.1, 0.15) is 11.6 Å². The first-order valence-electron chi connectivity index (χ1n) is 10.8. The Labute approximate surface area is 192 Å². The van der Waals surface area contributed by atoms with Gasteiger partial charge in [-0.2, -0.15) is 0 Å². The van der Waals surface area contributed by atoms with Crippen LogP contribution in [-0.2, 0) is 0 Å². The van der Waals surface area contributed by atoms with Gasteiger partial charge in [-0.25, -0.2) is 4.39 Å². The fourth-order valence-corrected chi connectivity index (χ4v) is 4.03. The molecule has 170 valence electrons. The first kappa shape index (κ1) is 22.3. The number of piperazine rings is 1. The van der Waals surface area contributed by atoms with Crippen LogP contribution in [-0.4, -0.2) is 50.0 Å². The molecule has 2 amide bonds. The lowest BCUT2D eigenvalue weighted by atomic mass is 10.1. The molecule has 1 heterocycles. The summed E-state index contributed by atoms with van der Waals surface area (Å²) in [5.74, 6) is -0.443. The zero-order chi connectivity index (χ0) is 23.4. The predicted molar refractivity (Wildman–Crippen MR) is 127 cm³/mol. The summed E-state index contributed by atoms with van der Waals surface area (Å²) in [5.41, 5.74) is 3.17. The minimum Gasteiger partial charge on any atom is -0.496 e. The summed E-state index contributed by atoms with van der Waals surface area (Å²) in [6, 6.07) is 19.1. The number of carbonyl (C=O) groups excluding carboxylic acids is 2. The number of nitrogens with one attached hydrogen (secondary N) is 1. The van der Waals surface area contributed by atoms with E-state index < -0.39 is 5.82 Å². The molecule has 0 aromatic heterocycles. The molecule has 6 nitrogen and oxygen atoms in total. The number of para-hydroxylation sites is 1. The molecule has 1 aliphatic heterocycles. The number of rotatable bonds is 5. The van der Waals surface area contributed by atoms with Crippen molar-refractivity contribution < 1.29 is 18.7 Å². The molecular formula is C26H26FN3O3. The van der Waals surface area contributed by atoms with Crippen LogP contribution in [0.3, 0.4) is 0 Å². The van der Waals surface area contributed by atoms with Crippen LogP contribution in [0.4, 0.5) is 15.8 Å². The zero-order valence-corrected chi connectivity index (χ0v) is 18.7. The fraction of sp³-hybridized carbons (Fsp3) is 0.231. The standard InChI is InChI=1S/C26H26FN3O3/c1-18-6-5-8-22(24(18)33-2)25(31)28-19-10-12-20(13-11-19)29-14-16-30(17-15-29)26(32)21-7-3-4-9-23(21)27/h3-13H,14-17H2,1-2H3,(H,28,31). The SMILES string of the molecule is COc1c(C)cccc1C(=O)Nc1ccc(N2CCN(C(=O)c3ccccc3F)CC2)cc1. The highest BCUT2D eigenvalue weighted by Crippen LogP contribution is 2.25. The van der Waals surface area contributed by atoms with Gasteiger partial charge in [-0.15, -0.1) is 0 Å². The number of ether oxygens (including phenoxy) is 1. The number of hydrogen-bond donors (Lipinski definition) is 1. The Bertz CT molecular complexity index is 1160. The van der Waals surface area contributed by atoms with E-state index in [9.17, 15) is 14.0 Å². The molecule has 33 heavy (non-hydrogen) atoms. The second-order valence-electron chi connectivity index (χ2n) is 7.92. The first-order valence-corrected chi connectivity index (χ1v) is 10.8. The monoisotopic (exact) mass is 447 g/mol.